The number of benzene rings is 1. The number of fused-ring (bicyclic) bond motifs is 1. The highest BCUT2D eigenvalue weighted by Gasteiger charge is 2.15. The molecule has 0 radical (unpaired) electrons. The predicted molar refractivity (Wildman–Crippen MR) is 170 cm³/mol. The minimum atomic E-state index is -0.267. The summed E-state index contributed by atoms with van der Waals surface area (Å²) >= 11 is 0. The van der Waals surface area contributed by atoms with Crippen LogP contribution >= 0.6 is 0 Å². The second-order valence-corrected chi connectivity index (χ2v) is 11.2. The summed E-state index contributed by atoms with van der Waals surface area (Å²) < 4.78 is 13.5. The molecule has 0 unspecified atom stereocenters. The molecule has 42 heavy (non-hydrogen) atoms. The molecule has 0 amide bonds. The number of nitrogens with one attached hydrogen (secondary N) is 3. The van der Waals surface area contributed by atoms with Crippen LogP contribution in [-0.2, 0) is 0 Å². The molecule has 4 aromatic heterocycles. The van der Waals surface area contributed by atoms with Crippen LogP contribution in [0, 0.1) is 11.7 Å². The number of aromatic amines is 2. The number of H-pyrrole nitrogens is 2. The van der Waals surface area contributed by atoms with E-state index in [0.717, 1.165) is 78.8 Å². The highest BCUT2D eigenvalue weighted by atomic mass is 19.1. The standard InChI is InChI=1S/C35H35FN6/c1-22(27-16-29(19-37-18-27)39-23(2)15-25-7-5-4-6-8-25)9-14-32-24(3)35(42-41-32)33-17-30-31(20-38-21-34(30)40-33)26-10-12-28(36)13-11-26/h9-14,16-21,25,39-41H,2-8,15H2,1H3/b22-9+,32-14+. The number of halogens is 1. The lowest BCUT2D eigenvalue weighted by Gasteiger charge is -2.22. The van der Waals surface area contributed by atoms with E-state index in [1.54, 1.807) is 24.5 Å². The molecule has 1 aliphatic rings. The van der Waals surface area contributed by atoms with Gasteiger partial charge in [-0.3, -0.25) is 15.1 Å². The third-order valence-corrected chi connectivity index (χ3v) is 8.13. The molecule has 1 aromatic carbocycles. The Morgan fingerprint density at radius 2 is 1.83 bits per heavy atom. The predicted octanol–water partition coefficient (Wildman–Crippen LogP) is 7.34. The maximum Gasteiger partial charge on any atom is 0.123 e. The van der Waals surface area contributed by atoms with Gasteiger partial charge in [0.25, 0.3) is 0 Å². The fraction of sp³-hybridized carbons (Fsp3) is 0.229. The Bertz CT molecular complexity index is 1870. The molecular weight excluding hydrogens is 523 g/mol. The molecular formula is C35H35FN6. The first-order valence-corrected chi connectivity index (χ1v) is 14.5. The van der Waals surface area contributed by atoms with Crippen molar-refractivity contribution < 1.29 is 4.39 Å². The fourth-order valence-corrected chi connectivity index (χ4v) is 5.80. The lowest BCUT2D eigenvalue weighted by atomic mass is 9.86. The van der Waals surface area contributed by atoms with Crippen LogP contribution in [0.2, 0.25) is 0 Å². The van der Waals surface area contributed by atoms with Gasteiger partial charge in [0.05, 0.1) is 34.6 Å². The quantitative estimate of drug-likeness (QED) is 0.186. The number of pyridine rings is 2. The number of rotatable bonds is 8. The zero-order valence-electron chi connectivity index (χ0n) is 23.9. The first-order valence-electron chi connectivity index (χ1n) is 14.5. The van der Waals surface area contributed by atoms with Gasteiger partial charge in [0.2, 0.25) is 0 Å². The van der Waals surface area contributed by atoms with Crippen molar-refractivity contribution in [2.24, 2.45) is 5.92 Å². The number of nitrogens with zero attached hydrogens (tertiary/aromatic N) is 3. The van der Waals surface area contributed by atoms with Crippen molar-refractivity contribution in [2.75, 3.05) is 5.32 Å². The SMILES string of the molecule is C=C(CC1CCCCC1)Nc1cncc(/C(C)=C/C=c2/[nH]nc(-c3cc4c(-c5ccc(F)cc5)cncc4[nH]3)c2=C)c1. The van der Waals surface area contributed by atoms with Crippen molar-refractivity contribution in [3.63, 3.8) is 0 Å². The second kappa shape index (κ2) is 12.0. The molecule has 3 N–H and O–H groups in total. The topological polar surface area (TPSA) is 82.3 Å². The molecule has 6 nitrogen and oxygen atoms in total. The minimum Gasteiger partial charge on any atom is -0.358 e. The Morgan fingerprint density at radius 3 is 2.64 bits per heavy atom. The minimum absolute atomic E-state index is 0.267. The Hall–Kier alpha value is -4.78. The molecule has 0 atom stereocenters. The Balaban J connectivity index is 1.21. The molecule has 1 saturated carbocycles. The van der Waals surface area contributed by atoms with Crippen LogP contribution in [-0.4, -0.2) is 25.1 Å². The van der Waals surface area contributed by atoms with Gasteiger partial charge in [-0.25, -0.2) is 4.39 Å². The maximum absolute atomic E-state index is 13.5. The number of hydrogen-bond donors (Lipinski definition) is 3. The monoisotopic (exact) mass is 558 g/mol. The lowest BCUT2D eigenvalue weighted by molar-refractivity contribution is 0.357. The summed E-state index contributed by atoms with van der Waals surface area (Å²) in [4.78, 5) is 12.2. The first-order chi connectivity index (χ1) is 20.4. The van der Waals surface area contributed by atoms with Gasteiger partial charge in [-0.1, -0.05) is 63.5 Å². The molecule has 212 valence electrons. The summed E-state index contributed by atoms with van der Waals surface area (Å²) in [6.45, 7) is 10.6. The van der Waals surface area contributed by atoms with Crippen LogP contribution in [0.3, 0.4) is 0 Å². The highest BCUT2D eigenvalue weighted by Crippen LogP contribution is 2.31. The summed E-state index contributed by atoms with van der Waals surface area (Å²) in [7, 11) is 0. The van der Waals surface area contributed by atoms with E-state index in [2.05, 4.69) is 56.6 Å². The van der Waals surface area contributed by atoms with Gasteiger partial charge >= 0.3 is 0 Å². The van der Waals surface area contributed by atoms with E-state index in [4.69, 9.17) is 0 Å². The summed E-state index contributed by atoms with van der Waals surface area (Å²) in [5.74, 6) is 0.469. The third kappa shape index (κ3) is 5.96. The Morgan fingerprint density at radius 1 is 1.05 bits per heavy atom. The van der Waals surface area contributed by atoms with Gasteiger partial charge in [-0.2, -0.15) is 5.10 Å². The number of aromatic nitrogens is 5. The van der Waals surface area contributed by atoms with Gasteiger partial charge in [0.1, 0.15) is 11.5 Å². The fourth-order valence-electron chi connectivity index (χ4n) is 5.80. The molecule has 6 rings (SSSR count). The first kappa shape index (κ1) is 27.4. The van der Waals surface area contributed by atoms with Crippen molar-refractivity contribution in [2.45, 2.75) is 45.4 Å². The van der Waals surface area contributed by atoms with E-state index in [1.807, 2.05) is 30.6 Å². The average molecular weight is 559 g/mol. The van der Waals surface area contributed by atoms with E-state index in [0.29, 0.717) is 0 Å². The largest absolute Gasteiger partial charge is 0.358 e. The van der Waals surface area contributed by atoms with Gasteiger partial charge < -0.3 is 10.3 Å². The van der Waals surface area contributed by atoms with Crippen LogP contribution in [0.15, 0.2) is 79.5 Å². The van der Waals surface area contributed by atoms with Crippen LogP contribution in [0.25, 0.3) is 51.6 Å². The van der Waals surface area contributed by atoms with Crippen molar-refractivity contribution in [3.8, 4) is 22.5 Å². The molecule has 0 bridgehead atoms. The van der Waals surface area contributed by atoms with Gasteiger partial charge in [0, 0.05) is 34.3 Å². The molecule has 1 fully saturated rings. The zero-order valence-corrected chi connectivity index (χ0v) is 23.9. The lowest BCUT2D eigenvalue weighted by Crippen LogP contribution is -2.21. The smallest absolute Gasteiger partial charge is 0.123 e. The van der Waals surface area contributed by atoms with E-state index in [9.17, 15) is 4.39 Å². The van der Waals surface area contributed by atoms with Crippen LogP contribution < -0.4 is 15.9 Å². The average Bonchev–Trinajstić information content (AvgIpc) is 3.60. The second-order valence-electron chi connectivity index (χ2n) is 11.2. The van der Waals surface area contributed by atoms with Crippen LogP contribution in [0.1, 0.15) is 51.0 Å². The van der Waals surface area contributed by atoms with Crippen molar-refractivity contribution in [3.05, 3.63) is 101 Å². The summed E-state index contributed by atoms with van der Waals surface area (Å²) in [5.41, 5.74) is 8.37. The molecule has 0 spiro atoms. The van der Waals surface area contributed by atoms with E-state index in [1.165, 1.54) is 44.2 Å². The van der Waals surface area contributed by atoms with Crippen molar-refractivity contribution in [1.82, 2.24) is 25.1 Å². The highest BCUT2D eigenvalue weighted by molar-refractivity contribution is 5.97. The third-order valence-electron chi connectivity index (χ3n) is 8.13. The normalized spacial score (nSPS) is 14.9. The Labute approximate surface area is 244 Å². The molecule has 0 saturated heterocycles. The summed E-state index contributed by atoms with van der Waals surface area (Å²) in [6.07, 6.45) is 19.0. The van der Waals surface area contributed by atoms with Crippen molar-refractivity contribution in [1.29, 1.82) is 0 Å². The van der Waals surface area contributed by atoms with E-state index in [-0.39, 0.29) is 5.82 Å². The number of allylic oxidation sites excluding steroid dienone is 3. The summed E-state index contributed by atoms with van der Waals surface area (Å²) in [6, 6.07) is 10.6. The molecule has 7 heteroatoms. The maximum atomic E-state index is 13.5. The zero-order chi connectivity index (χ0) is 29.1. The molecule has 4 heterocycles. The Kier molecular flexibility index (Phi) is 7.82. The number of anilines is 1. The van der Waals surface area contributed by atoms with Crippen molar-refractivity contribution >= 4 is 34.8 Å². The van der Waals surface area contributed by atoms with Crippen LogP contribution in [0.5, 0.6) is 0 Å². The number of hydrogen-bond acceptors (Lipinski definition) is 4. The summed E-state index contributed by atoms with van der Waals surface area (Å²) in [5, 5.41) is 13.7. The van der Waals surface area contributed by atoms with Gasteiger partial charge in [0.15, 0.2) is 0 Å². The molecule has 0 aliphatic heterocycles. The molecule has 1 aliphatic carbocycles. The molecule has 5 aromatic rings. The van der Waals surface area contributed by atoms with Gasteiger partial charge in [-0.15, -0.1) is 0 Å². The van der Waals surface area contributed by atoms with E-state index >= 15 is 0 Å². The van der Waals surface area contributed by atoms with E-state index < -0.39 is 0 Å². The van der Waals surface area contributed by atoms with Gasteiger partial charge in [-0.05, 0) is 66.3 Å². The van der Waals surface area contributed by atoms with Crippen LogP contribution in [0.4, 0.5) is 10.1 Å².